The summed E-state index contributed by atoms with van der Waals surface area (Å²) in [6, 6.07) is 9.25. The first kappa shape index (κ1) is 18.7. The van der Waals surface area contributed by atoms with Crippen molar-refractivity contribution in [2.45, 2.75) is 4.90 Å². The maximum atomic E-state index is 14.5. The first-order valence-corrected chi connectivity index (χ1v) is 9.41. The van der Waals surface area contributed by atoms with E-state index >= 15 is 0 Å². The third kappa shape index (κ3) is 3.71. The van der Waals surface area contributed by atoms with Crippen molar-refractivity contribution >= 4 is 33.2 Å². The van der Waals surface area contributed by atoms with Crippen molar-refractivity contribution < 1.29 is 17.2 Å². The number of nitrogens with zero attached hydrogens (tertiary/aromatic N) is 1. The van der Waals surface area contributed by atoms with Crippen LogP contribution in [0.15, 0.2) is 53.6 Å². The number of hydrogen-bond acceptors (Lipinski definition) is 3. The van der Waals surface area contributed by atoms with E-state index in [9.17, 15) is 17.2 Å². The first-order valence-electron chi connectivity index (χ1n) is 7.10. The lowest BCUT2D eigenvalue weighted by atomic mass is 9.99. The quantitative estimate of drug-likeness (QED) is 0.677. The van der Waals surface area contributed by atoms with Crippen LogP contribution in [0.4, 0.5) is 8.78 Å². The molecule has 134 valence electrons. The smallest absolute Gasteiger partial charge is 0.241 e. The Balaban J connectivity index is 2.25. The Labute approximate surface area is 158 Å². The van der Waals surface area contributed by atoms with Crippen molar-refractivity contribution in [1.29, 1.82) is 0 Å². The van der Waals surface area contributed by atoms with Gasteiger partial charge in [0.15, 0.2) is 0 Å². The van der Waals surface area contributed by atoms with Gasteiger partial charge in [0.05, 0.1) is 5.69 Å². The van der Waals surface area contributed by atoms with Gasteiger partial charge in [0.25, 0.3) is 0 Å². The van der Waals surface area contributed by atoms with Gasteiger partial charge in [-0.2, -0.15) is 0 Å². The zero-order valence-corrected chi connectivity index (χ0v) is 15.2. The summed E-state index contributed by atoms with van der Waals surface area (Å²) in [5, 5.41) is 5.61. The van der Waals surface area contributed by atoms with Gasteiger partial charge in [-0.05, 0) is 42.0 Å². The average molecular weight is 415 g/mol. The normalized spacial score (nSPS) is 11.6. The molecule has 0 saturated carbocycles. The van der Waals surface area contributed by atoms with E-state index < -0.39 is 26.6 Å². The van der Waals surface area contributed by atoms with Crippen molar-refractivity contribution in [3.05, 3.63) is 70.3 Å². The van der Waals surface area contributed by atoms with Crippen LogP contribution < -0.4 is 5.14 Å². The van der Waals surface area contributed by atoms with Crippen LogP contribution in [0.5, 0.6) is 0 Å². The van der Waals surface area contributed by atoms with Crippen LogP contribution >= 0.6 is 23.2 Å². The first-order chi connectivity index (χ1) is 12.2. The molecule has 0 aliphatic carbocycles. The number of sulfonamides is 1. The Bertz CT molecular complexity index is 1100. The summed E-state index contributed by atoms with van der Waals surface area (Å²) >= 11 is 12.0. The van der Waals surface area contributed by atoms with Gasteiger partial charge in [0.1, 0.15) is 16.5 Å². The highest BCUT2D eigenvalue weighted by Gasteiger charge is 2.21. The monoisotopic (exact) mass is 414 g/mol. The number of nitrogens with two attached hydrogens (primary N) is 1. The molecule has 9 heteroatoms. The van der Waals surface area contributed by atoms with Gasteiger partial charge >= 0.3 is 0 Å². The van der Waals surface area contributed by atoms with Crippen LogP contribution in [0.1, 0.15) is 0 Å². The summed E-state index contributed by atoms with van der Waals surface area (Å²) in [5.74, 6) is -2.16. The summed E-state index contributed by atoms with van der Waals surface area (Å²) in [6.07, 6.45) is 1.40. The van der Waals surface area contributed by atoms with Crippen LogP contribution in [0, 0.1) is 11.6 Å². The second kappa shape index (κ2) is 6.92. The number of rotatable bonds is 3. The summed E-state index contributed by atoms with van der Waals surface area (Å²) in [7, 11) is -4.40. The third-order valence-corrected chi connectivity index (χ3v) is 4.93. The Morgan fingerprint density at radius 1 is 0.923 bits per heavy atom. The lowest BCUT2D eigenvalue weighted by Gasteiger charge is -2.12. The van der Waals surface area contributed by atoms with Gasteiger partial charge in [-0.15, -0.1) is 0 Å². The molecule has 0 aliphatic rings. The summed E-state index contributed by atoms with van der Waals surface area (Å²) < 4.78 is 51.4. The van der Waals surface area contributed by atoms with Crippen molar-refractivity contribution in [1.82, 2.24) is 4.98 Å². The highest BCUT2D eigenvalue weighted by Crippen LogP contribution is 2.35. The number of pyridine rings is 1. The number of aromatic nitrogens is 1. The van der Waals surface area contributed by atoms with E-state index in [2.05, 4.69) is 4.98 Å². The minimum Gasteiger partial charge on any atom is -0.255 e. The molecule has 0 atom stereocenters. The molecular weight excluding hydrogens is 405 g/mol. The molecule has 2 N–H and O–H groups in total. The van der Waals surface area contributed by atoms with Crippen molar-refractivity contribution in [2.75, 3.05) is 0 Å². The van der Waals surface area contributed by atoms with Gasteiger partial charge in [-0.3, -0.25) is 4.98 Å². The third-order valence-electron chi connectivity index (χ3n) is 3.56. The fraction of sp³-hybridized carbons (Fsp3) is 0. The molecule has 0 aliphatic heterocycles. The number of halogens is 4. The average Bonchev–Trinajstić information content (AvgIpc) is 2.55. The molecule has 26 heavy (non-hydrogen) atoms. The van der Waals surface area contributed by atoms with Gasteiger partial charge in [0.2, 0.25) is 10.0 Å². The summed E-state index contributed by atoms with van der Waals surface area (Å²) in [4.78, 5) is 3.18. The number of primary sulfonamides is 1. The van der Waals surface area contributed by atoms with Crippen LogP contribution in [0.3, 0.4) is 0 Å². The van der Waals surface area contributed by atoms with E-state index in [0.29, 0.717) is 27.2 Å². The van der Waals surface area contributed by atoms with Crippen LogP contribution in [-0.2, 0) is 10.0 Å². The predicted octanol–water partition coefficient (Wildman–Crippen LogP) is 4.65. The van der Waals surface area contributed by atoms with Crippen molar-refractivity contribution in [3.63, 3.8) is 0 Å². The standard InChI is InChI=1S/C17H10Cl2F2N2O2S/c18-10-4-9(5-11(19)6-10)12-2-1-3-23-17(12)13-7-15(21)16(8-14(13)20)26(22,24)25/h1-8H,(H2,22,24,25). The molecule has 0 bridgehead atoms. The van der Waals surface area contributed by atoms with Gasteiger partial charge in [-0.1, -0.05) is 29.3 Å². The molecule has 0 spiro atoms. The Hall–Kier alpha value is -2.06. The largest absolute Gasteiger partial charge is 0.255 e. The Kier molecular flexibility index (Phi) is 4.98. The van der Waals surface area contributed by atoms with E-state index in [0.717, 1.165) is 6.07 Å². The van der Waals surface area contributed by atoms with Crippen molar-refractivity contribution in [3.8, 4) is 22.4 Å². The molecule has 4 nitrogen and oxygen atoms in total. The molecule has 0 fully saturated rings. The maximum Gasteiger partial charge on any atom is 0.241 e. The SMILES string of the molecule is NS(=O)(=O)c1cc(F)c(-c2ncccc2-c2cc(Cl)cc(Cl)c2)cc1F. The molecule has 0 amide bonds. The molecule has 3 aromatic rings. The van der Waals surface area contributed by atoms with Crippen molar-refractivity contribution in [2.24, 2.45) is 5.14 Å². The van der Waals surface area contributed by atoms with Gasteiger partial charge < -0.3 is 0 Å². The van der Waals surface area contributed by atoms with Crippen LogP contribution in [0.2, 0.25) is 10.0 Å². The van der Waals surface area contributed by atoms with E-state index in [1.165, 1.54) is 12.3 Å². The van der Waals surface area contributed by atoms with Gasteiger partial charge in [-0.25, -0.2) is 22.3 Å². The fourth-order valence-electron chi connectivity index (χ4n) is 2.49. The van der Waals surface area contributed by atoms with E-state index in [4.69, 9.17) is 28.3 Å². The highest BCUT2D eigenvalue weighted by molar-refractivity contribution is 7.89. The number of benzene rings is 2. The fourth-order valence-corrected chi connectivity index (χ4v) is 3.61. The lowest BCUT2D eigenvalue weighted by Crippen LogP contribution is -2.14. The molecule has 1 heterocycles. The molecule has 1 aromatic heterocycles. The molecule has 2 aromatic carbocycles. The van der Waals surface area contributed by atoms with E-state index in [1.54, 1.807) is 24.3 Å². The number of hydrogen-bond donors (Lipinski definition) is 1. The predicted molar refractivity (Wildman–Crippen MR) is 96.4 cm³/mol. The van der Waals surface area contributed by atoms with E-state index in [-0.39, 0.29) is 11.3 Å². The second-order valence-electron chi connectivity index (χ2n) is 5.37. The minimum absolute atomic E-state index is 0.100. The topological polar surface area (TPSA) is 73.1 Å². The molecular formula is C17H10Cl2F2N2O2S. The summed E-state index contributed by atoms with van der Waals surface area (Å²) in [5.41, 5.74) is 0.865. The zero-order valence-electron chi connectivity index (χ0n) is 12.9. The van der Waals surface area contributed by atoms with Crippen LogP contribution in [-0.4, -0.2) is 13.4 Å². The molecule has 0 radical (unpaired) electrons. The Morgan fingerprint density at radius 2 is 1.58 bits per heavy atom. The molecule has 3 rings (SSSR count). The second-order valence-corrected chi connectivity index (χ2v) is 7.77. The Morgan fingerprint density at radius 3 is 2.19 bits per heavy atom. The maximum absolute atomic E-state index is 14.5. The zero-order chi connectivity index (χ0) is 19.1. The molecule has 0 saturated heterocycles. The summed E-state index contributed by atoms with van der Waals surface area (Å²) in [6.45, 7) is 0. The lowest BCUT2D eigenvalue weighted by molar-refractivity contribution is 0.555. The minimum atomic E-state index is -4.40. The molecule has 0 unspecified atom stereocenters. The van der Waals surface area contributed by atoms with E-state index in [1.807, 2.05) is 0 Å². The van der Waals surface area contributed by atoms with Gasteiger partial charge in [0, 0.05) is 27.4 Å². The van der Waals surface area contributed by atoms with Crippen LogP contribution in [0.25, 0.3) is 22.4 Å². The highest BCUT2D eigenvalue weighted by atomic mass is 35.5.